The van der Waals surface area contributed by atoms with Gasteiger partial charge in [0.2, 0.25) is 0 Å². The lowest BCUT2D eigenvalue weighted by molar-refractivity contribution is 0.102. The fraction of sp³-hybridized carbons (Fsp3) is 0.167. The third kappa shape index (κ3) is 3.84. The van der Waals surface area contributed by atoms with Crippen LogP contribution in [0.4, 0.5) is 5.69 Å². The number of anilines is 1. The first-order valence-electron chi connectivity index (χ1n) is 7.85. The van der Waals surface area contributed by atoms with Gasteiger partial charge < -0.3 is 15.8 Å². The average Bonchev–Trinajstić information content (AvgIpc) is 3.07. The molecular weight excluding hydrogens is 318 g/mol. The Bertz CT molecular complexity index is 861. The van der Waals surface area contributed by atoms with E-state index in [1.54, 1.807) is 41.5 Å². The topological polar surface area (TPSA) is 95.1 Å². The highest BCUT2D eigenvalue weighted by molar-refractivity contribution is 6.04. The van der Waals surface area contributed by atoms with Crippen LogP contribution in [0.2, 0.25) is 0 Å². The average molecular weight is 337 g/mol. The Morgan fingerprint density at radius 2 is 2.00 bits per heavy atom. The zero-order chi connectivity index (χ0) is 17.6. The van der Waals surface area contributed by atoms with E-state index in [-0.39, 0.29) is 5.91 Å². The summed E-state index contributed by atoms with van der Waals surface area (Å²) in [6, 6.07) is 10.7. The zero-order valence-electron chi connectivity index (χ0n) is 13.8. The second kappa shape index (κ2) is 7.59. The number of hydrogen-bond acceptors (Lipinski definition) is 5. The Balaban J connectivity index is 1.91. The standard InChI is InChI=1S/C18H19N5O2/c1-23-16(6-10-21-23)15-12-14(2-3-17(15)25-11-7-19)22-18(24)13-4-8-20-9-5-13/h2-6,8-10,12H,7,11,19H2,1H3,(H,22,24). The SMILES string of the molecule is Cn1nccc1-c1cc(NC(=O)c2ccncc2)ccc1OCCN. The molecule has 0 aliphatic heterocycles. The molecule has 0 radical (unpaired) electrons. The Labute approximate surface area is 145 Å². The van der Waals surface area contributed by atoms with Crippen molar-refractivity contribution in [2.75, 3.05) is 18.5 Å². The molecule has 3 rings (SSSR count). The molecule has 7 nitrogen and oxygen atoms in total. The van der Waals surface area contributed by atoms with Crippen LogP contribution in [0.3, 0.4) is 0 Å². The molecule has 2 aromatic heterocycles. The van der Waals surface area contributed by atoms with Crippen LogP contribution in [0.25, 0.3) is 11.3 Å². The lowest BCUT2D eigenvalue weighted by Crippen LogP contribution is -2.13. The Kier molecular flexibility index (Phi) is 5.06. The summed E-state index contributed by atoms with van der Waals surface area (Å²) in [6.45, 7) is 0.832. The molecule has 128 valence electrons. The number of nitrogens with zero attached hydrogens (tertiary/aromatic N) is 3. The van der Waals surface area contributed by atoms with Crippen molar-refractivity contribution in [3.63, 3.8) is 0 Å². The quantitative estimate of drug-likeness (QED) is 0.718. The van der Waals surface area contributed by atoms with Gasteiger partial charge in [-0.2, -0.15) is 5.10 Å². The van der Waals surface area contributed by atoms with Gasteiger partial charge in [0.1, 0.15) is 12.4 Å². The fourth-order valence-corrected chi connectivity index (χ4v) is 2.45. The van der Waals surface area contributed by atoms with Crippen LogP contribution in [0.15, 0.2) is 55.0 Å². The van der Waals surface area contributed by atoms with Crippen molar-refractivity contribution in [3.05, 3.63) is 60.6 Å². The molecule has 25 heavy (non-hydrogen) atoms. The van der Waals surface area contributed by atoms with Crippen LogP contribution in [-0.2, 0) is 7.05 Å². The highest BCUT2D eigenvalue weighted by Crippen LogP contribution is 2.32. The molecule has 0 aliphatic carbocycles. The minimum Gasteiger partial charge on any atom is -0.492 e. The molecule has 0 saturated heterocycles. The van der Waals surface area contributed by atoms with Gasteiger partial charge >= 0.3 is 0 Å². The zero-order valence-corrected chi connectivity index (χ0v) is 13.8. The van der Waals surface area contributed by atoms with Crippen LogP contribution in [0.1, 0.15) is 10.4 Å². The molecule has 0 fully saturated rings. The normalized spacial score (nSPS) is 10.5. The van der Waals surface area contributed by atoms with E-state index in [2.05, 4.69) is 15.4 Å². The van der Waals surface area contributed by atoms with Gasteiger partial charge in [0.25, 0.3) is 5.91 Å². The van der Waals surface area contributed by atoms with Gasteiger partial charge in [0, 0.05) is 49.0 Å². The van der Waals surface area contributed by atoms with E-state index in [1.165, 1.54) is 0 Å². The molecule has 2 heterocycles. The molecule has 1 amide bonds. The minimum absolute atomic E-state index is 0.200. The predicted molar refractivity (Wildman–Crippen MR) is 95.4 cm³/mol. The van der Waals surface area contributed by atoms with E-state index in [9.17, 15) is 4.79 Å². The number of hydrogen-bond donors (Lipinski definition) is 2. The van der Waals surface area contributed by atoms with Crippen LogP contribution in [0.5, 0.6) is 5.75 Å². The number of pyridine rings is 1. The van der Waals surface area contributed by atoms with Crippen molar-refractivity contribution in [2.24, 2.45) is 12.8 Å². The summed E-state index contributed by atoms with van der Waals surface area (Å²) in [5.41, 5.74) is 8.45. The van der Waals surface area contributed by atoms with E-state index >= 15 is 0 Å². The number of benzene rings is 1. The van der Waals surface area contributed by atoms with E-state index in [1.807, 2.05) is 25.2 Å². The summed E-state index contributed by atoms with van der Waals surface area (Å²) in [5, 5.41) is 7.08. The molecule has 0 bridgehead atoms. The number of nitrogens with one attached hydrogen (secondary N) is 1. The summed E-state index contributed by atoms with van der Waals surface area (Å²) in [7, 11) is 1.85. The number of rotatable bonds is 6. The predicted octanol–water partition coefficient (Wildman–Crippen LogP) is 2.07. The van der Waals surface area contributed by atoms with E-state index < -0.39 is 0 Å². The summed E-state index contributed by atoms with van der Waals surface area (Å²) in [5.74, 6) is 0.491. The third-order valence-corrected chi connectivity index (χ3v) is 3.65. The van der Waals surface area contributed by atoms with Gasteiger partial charge in [-0.15, -0.1) is 0 Å². The smallest absolute Gasteiger partial charge is 0.255 e. The monoisotopic (exact) mass is 337 g/mol. The van der Waals surface area contributed by atoms with Crippen LogP contribution in [-0.4, -0.2) is 33.8 Å². The molecule has 1 aromatic carbocycles. The molecular formula is C18H19N5O2. The molecule has 0 unspecified atom stereocenters. The maximum atomic E-state index is 12.3. The van der Waals surface area contributed by atoms with Crippen molar-refractivity contribution in [1.82, 2.24) is 14.8 Å². The lowest BCUT2D eigenvalue weighted by Gasteiger charge is -2.14. The summed E-state index contributed by atoms with van der Waals surface area (Å²) in [4.78, 5) is 16.2. The van der Waals surface area contributed by atoms with Gasteiger partial charge in [-0.25, -0.2) is 0 Å². The number of amides is 1. The lowest BCUT2D eigenvalue weighted by atomic mass is 10.1. The third-order valence-electron chi connectivity index (χ3n) is 3.65. The summed E-state index contributed by atoms with van der Waals surface area (Å²) < 4.78 is 7.47. The first-order valence-corrected chi connectivity index (χ1v) is 7.85. The maximum absolute atomic E-state index is 12.3. The maximum Gasteiger partial charge on any atom is 0.255 e. The van der Waals surface area contributed by atoms with Crippen molar-refractivity contribution in [2.45, 2.75) is 0 Å². The number of aromatic nitrogens is 3. The number of nitrogens with two attached hydrogens (primary N) is 1. The molecule has 0 saturated carbocycles. The number of carbonyl (C=O) groups excluding carboxylic acids is 1. The van der Waals surface area contributed by atoms with Crippen molar-refractivity contribution in [1.29, 1.82) is 0 Å². The van der Waals surface area contributed by atoms with Crippen molar-refractivity contribution < 1.29 is 9.53 Å². The second-order valence-electron chi connectivity index (χ2n) is 5.38. The van der Waals surface area contributed by atoms with Crippen LogP contribution < -0.4 is 15.8 Å². The largest absolute Gasteiger partial charge is 0.492 e. The number of aryl methyl sites for hydroxylation is 1. The van der Waals surface area contributed by atoms with E-state index in [0.29, 0.717) is 30.2 Å². The van der Waals surface area contributed by atoms with Gasteiger partial charge in [0.05, 0.1) is 5.69 Å². The number of ether oxygens (including phenoxy) is 1. The Hall–Kier alpha value is -3.19. The fourth-order valence-electron chi connectivity index (χ4n) is 2.45. The molecule has 3 aromatic rings. The van der Waals surface area contributed by atoms with Crippen LogP contribution >= 0.6 is 0 Å². The van der Waals surface area contributed by atoms with Gasteiger partial charge in [-0.05, 0) is 36.4 Å². The molecule has 0 aliphatic rings. The molecule has 0 atom stereocenters. The van der Waals surface area contributed by atoms with Gasteiger partial charge in [-0.1, -0.05) is 0 Å². The number of carbonyl (C=O) groups is 1. The Morgan fingerprint density at radius 3 is 2.68 bits per heavy atom. The second-order valence-corrected chi connectivity index (χ2v) is 5.38. The summed E-state index contributed by atoms with van der Waals surface area (Å²) >= 11 is 0. The van der Waals surface area contributed by atoms with E-state index in [4.69, 9.17) is 10.5 Å². The highest BCUT2D eigenvalue weighted by atomic mass is 16.5. The van der Waals surface area contributed by atoms with Crippen molar-refractivity contribution >= 4 is 11.6 Å². The minimum atomic E-state index is -0.200. The van der Waals surface area contributed by atoms with Crippen molar-refractivity contribution in [3.8, 4) is 17.0 Å². The van der Waals surface area contributed by atoms with E-state index in [0.717, 1.165) is 11.3 Å². The molecule has 7 heteroatoms. The summed E-state index contributed by atoms with van der Waals surface area (Å²) in [6.07, 6.45) is 4.88. The highest BCUT2D eigenvalue weighted by Gasteiger charge is 2.13. The first kappa shape index (κ1) is 16.7. The first-order chi connectivity index (χ1) is 12.2. The van der Waals surface area contributed by atoms with Gasteiger partial charge in [0.15, 0.2) is 0 Å². The van der Waals surface area contributed by atoms with Gasteiger partial charge in [-0.3, -0.25) is 14.5 Å². The molecule has 3 N–H and O–H groups in total. The van der Waals surface area contributed by atoms with Crippen LogP contribution in [0, 0.1) is 0 Å². The Morgan fingerprint density at radius 1 is 1.20 bits per heavy atom. The molecule has 0 spiro atoms.